The van der Waals surface area contributed by atoms with Gasteiger partial charge in [-0.05, 0) is 78.5 Å². The SMILES string of the molecule is Oc1c(Br)cc(C2=NCON2Cc2ccc3sccc3c2)cc1Br. The van der Waals surface area contributed by atoms with Crippen LogP contribution >= 0.6 is 43.2 Å². The Morgan fingerprint density at radius 1 is 1.17 bits per heavy atom. The Kier molecular flexibility index (Phi) is 4.34. The van der Waals surface area contributed by atoms with Crippen LogP contribution < -0.4 is 0 Å². The van der Waals surface area contributed by atoms with Gasteiger partial charge >= 0.3 is 0 Å². The summed E-state index contributed by atoms with van der Waals surface area (Å²) in [6, 6.07) is 12.2. The first-order chi connectivity index (χ1) is 11.6. The van der Waals surface area contributed by atoms with Gasteiger partial charge in [0, 0.05) is 10.3 Å². The van der Waals surface area contributed by atoms with E-state index in [1.54, 1.807) is 16.4 Å². The standard InChI is InChI=1S/C17H12Br2N2O2S/c18-13-6-12(7-14(19)16(13)22)17-20-9-23-21(17)8-10-1-2-15-11(5-10)3-4-24-15/h1-7,22H,8-9H2. The maximum Gasteiger partial charge on any atom is 0.167 e. The van der Waals surface area contributed by atoms with Gasteiger partial charge in [-0.3, -0.25) is 0 Å². The number of nitrogens with zero attached hydrogens (tertiary/aromatic N) is 2. The van der Waals surface area contributed by atoms with E-state index >= 15 is 0 Å². The van der Waals surface area contributed by atoms with Gasteiger partial charge in [0.2, 0.25) is 0 Å². The molecule has 0 atom stereocenters. The first kappa shape index (κ1) is 16.1. The molecule has 1 aliphatic heterocycles. The highest BCUT2D eigenvalue weighted by molar-refractivity contribution is 9.11. The van der Waals surface area contributed by atoms with E-state index in [1.807, 2.05) is 12.1 Å². The molecule has 1 aromatic heterocycles. The second-order valence-corrected chi connectivity index (χ2v) is 8.01. The molecule has 0 bridgehead atoms. The molecule has 0 radical (unpaired) electrons. The first-order valence-corrected chi connectivity index (χ1v) is 9.68. The molecule has 0 amide bonds. The van der Waals surface area contributed by atoms with Crippen molar-refractivity contribution in [3.05, 3.63) is 61.9 Å². The topological polar surface area (TPSA) is 45.1 Å². The average molecular weight is 468 g/mol. The number of thiophene rings is 1. The predicted molar refractivity (Wildman–Crippen MR) is 103 cm³/mol. The molecule has 4 nitrogen and oxygen atoms in total. The largest absolute Gasteiger partial charge is 0.506 e. The van der Waals surface area contributed by atoms with Crippen LogP contribution in [-0.2, 0) is 11.4 Å². The van der Waals surface area contributed by atoms with Crippen LogP contribution in [0.1, 0.15) is 11.1 Å². The second-order valence-electron chi connectivity index (χ2n) is 5.36. The van der Waals surface area contributed by atoms with Crippen molar-refractivity contribution in [3.63, 3.8) is 0 Å². The highest BCUT2D eigenvalue weighted by Gasteiger charge is 2.22. The number of hydrogen-bond acceptors (Lipinski definition) is 5. The number of halogens is 2. The minimum Gasteiger partial charge on any atom is -0.506 e. The van der Waals surface area contributed by atoms with Crippen molar-refractivity contribution in [2.45, 2.75) is 6.54 Å². The summed E-state index contributed by atoms with van der Waals surface area (Å²) in [5.74, 6) is 0.926. The van der Waals surface area contributed by atoms with Crippen LogP contribution in [0, 0.1) is 0 Å². The highest BCUT2D eigenvalue weighted by atomic mass is 79.9. The number of amidine groups is 1. The zero-order valence-corrected chi connectivity index (χ0v) is 16.4. The molecule has 1 aliphatic rings. The minimum absolute atomic E-state index is 0.174. The molecular weight excluding hydrogens is 456 g/mol. The molecule has 122 valence electrons. The van der Waals surface area contributed by atoms with Gasteiger partial charge in [-0.25, -0.2) is 14.9 Å². The molecule has 0 saturated heterocycles. The van der Waals surface area contributed by atoms with Crippen LogP contribution in [0.3, 0.4) is 0 Å². The summed E-state index contributed by atoms with van der Waals surface area (Å²) >= 11 is 8.46. The molecule has 0 unspecified atom stereocenters. The molecule has 0 spiro atoms. The first-order valence-electron chi connectivity index (χ1n) is 7.21. The number of aliphatic imine (C=N–C) groups is 1. The lowest BCUT2D eigenvalue weighted by molar-refractivity contribution is -0.0821. The maximum atomic E-state index is 9.88. The second kappa shape index (κ2) is 6.48. The van der Waals surface area contributed by atoms with Gasteiger partial charge < -0.3 is 5.11 Å². The number of phenolic OH excluding ortho intramolecular Hbond substituents is 1. The number of phenols is 1. The van der Waals surface area contributed by atoms with Gasteiger partial charge in [-0.15, -0.1) is 11.3 Å². The lowest BCUT2D eigenvalue weighted by Crippen LogP contribution is -2.26. The van der Waals surface area contributed by atoms with E-state index in [-0.39, 0.29) is 5.75 Å². The third kappa shape index (κ3) is 2.97. The summed E-state index contributed by atoms with van der Waals surface area (Å²) in [4.78, 5) is 10.1. The summed E-state index contributed by atoms with van der Waals surface area (Å²) in [7, 11) is 0. The van der Waals surface area contributed by atoms with Gasteiger partial charge in [0.15, 0.2) is 12.6 Å². The summed E-state index contributed by atoms with van der Waals surface area (Å²) in [6.45, 7) is 0.910. The van der Waals surface area contributed by atoms with Crippen LogP contribution in [0.5, 0.6) is 5.75 Å². The van der Waals surface area contributed by atoms with Crippen molar-refractivity contribution >= 4 is 59.1 Å². The number of hydroxylamine groups is 2. The Hall–Kier alpha value is -1.41. The monoisotopic (exact) mass is 466 g/mol. The summed E-state index contributed by atoms with van der Waals surface area (Å²) in [5.41, 5.74) is 2.04. The predicted octanol–water partition coefficient (Wildman–Crippen LogP) is 5.28. The zero-order chi connectivity index (χ0) is 16.7. The number of benzene rings is 2. The highest BCUT2D eigenvalue weighted by Crippen LogP contribution is 2.34. The molecule has 7 heteroatoms. The molecule has 24 heavy (non-hydrogen) atoms. The lowest BCUT2D eigenvalue weighted by Gasteiger charge is -2.19. The Bertz CT molecular complexity index is 932. The molecule has 2 aromatic carbocycles. The van der Waals surface area contributed by atoms with E-state index in [1.165, 1.54) is 10.1 Å². The molecule has 0 fully saturated rings. The average Bonchev–Trinajstić information content (AvgIpc) is 3.20. The Labute approximate surface area is 159 Å². The lowest BCUT2D eigenvalue weighted by atomic mass is 10.1. The van der Waals surface area contributed by atoms with E-state index < -0.39 is 0 Å². The molecule has 1 N–H and O–H groups in total. The van der Waals surface area contributed by atoms with E-state index in [9.17, 15) is 5.11 Å². The molecule has 3 aromatic rings. The van der Waals surface area contributed by atoms with Crippen LogP contribution in [0.15, 0.2) is 55.7 Å². The maximum absolute atomic E-state index is 9.88. The third-order valence-corrected chi connectivity index (χ3v) is 5.89. The van der Waals surface area contributed by atoms with Crippen LogP contribution in [0.2, 0.25) is 0 Å². The van der Waals surface area contributed by atoms with Gasteiger partial charge in [0.05, 0.1) is 15.5 Å². The molecule has 2 heterocycles. The summed E-state index contributed by atoms with van der Waals surface area (Å²) in [5, 5.41) is 15.0. The fourth-order valence-electron chi connectivity index (χ4n) is 2.63. The van der Waals surface area contributed by atoms with Gasteiger partial charge in [0.25, 0.3) is 0 Å². The van der Waals surface area contributed by atoms with Gasteiger partial charge in [-0.2, -0.15) is 0 Å². The fraction of sp³-hybridized carbons (Fsp3) is 0.118. The van der Waals surface area contributed by atoms with Crippen LogP contribution in [0.4, 0.5) is 0 Å². The van der Waals surface area contributed by atoms with Crippen molar-refractivity contribution in [2.75, 3.05) is 6.73 Å². The van der Waals surface area contributed by atoms with Crippen LogP contribution in [0.25, 0.3) is 10.1 Å². The van der Waals surface area contributed by atoms with Crippen molar-refractivity contribution < 1.29 is 9.94 Å². The van der Waals surface area contributed by atoms with Gasteiger partial charge in [-0.1, -0.05) is 6.07 Å². The minimum atomic E-state index is 0.174. The number of rotatable bonds is 3. The quantitative estimate of drug-likeness (QED) is 0.569. The molecule has 0 saturated carbocycles. The third-order valence-electron chi connectivity index (χ3n) is 3.78. The van der Waals surface area contributed by atoms with Crippen molar-refractivity contribution in [2.24, 2.45) is 4.99 Å². The van der Waals surface area contributed by atoms with E-state index in [0.717, 1.165) is 17.0 Å². The normalized spacial score (nSPS) is 14.4. The fourth-order valence-corrected chi connectivity index (χ4v) is 4.59. The molecule has 0 aliphatic carbocycles. The van der Waals surface area contributed by atoms with Gasteiger partial charge in [0.1, 0.15) is 5.75 Å². The number of hydrogen-bond donors (Lipinski definition) is 1. The number of aromatic hydroxyl groups is 1. The summed E-state index contributed by atoms with van der Waals surface area (Å²) < 4.78 is 2.50. The van der Waals surface area contributed by atoms with E-state index in [2.05, 4.69) is 66.5 Å². The number of fused-ring (bicyclic) bond motifs is 1. The van der Waals surface area contributed by atoms with E-state index in [0.29, 0.717) is 22.2 Å². The van der Waals surface area contributed by atoms with Crippen molar-refractivity contribution in [3.8, 4) is 5.75 Å². The molecular formula is C17H12Br2N2O2S. The Morgan fingerprint density at radius 3 is 2.75 bits per heavy atom. The van der Waals surface area contributed by atoms with E-state index in [4.69, 9.17) is 4.84 Å². The van der Waals surface area contributed by atoms with Crippen molar-refractivity contribution in [1.82, 2.24) is 5.06 Å². The smallest absolute Gasteiger partial charge is 0.167 e. The summed E-state index contributed by atoms with van der Waals surface area (Å²) in [6.07, 6.45) is 0. The Morgan fingerprint density at radius 2 is 1.96 bits per heavy atom. The zero-order valence-electron chi connectivity index (χ0n) is 12.4. The molecule has 4 rings (SSSR count). The Balaban J connectivity index is 1.62. The van der Waals surface area contributed by atoms with Crippen LogP contribution in [-0.4, -0.2) is 22.7 Å². The van der Waals surface area contributed by atoms with Crippen molar-refractivity contribution in [1.29, 1.82) is 0 Å².